The van der Waals surface area contributed by atoms with Gasteiger partial charge in [-0.3, -0.25) is 9.59 Å². The Bertz CT molecular complexity index is 1440. The number of nitriles is 1. The zero-order valence-electron chi connectivity index (χ0n) is 27.1. The Morgan fingerprint density at radius 3 is 2.27 bits per heavy atom. The van der Waals surface area contributed by atoms with Crippen molar-refractivity contribution >= 4 is 41.1 Å². The highest BCUT2D eigenvalue weighted by Gasteiger charge is 2.49. The fraction of sp³-hybridized carbons (Fsp3) is 0.400. The van der Waals surface area contributed by atoms with Gasteiger partial charge in [-0.1, -0.05) is 76.0 Å². The van der Waals surface area contributed by atoms with Crippen LogP contribution < -0.4 is 15.4 Å². The number of rotatable bonds is 6. The van der Waals surface area contributed by atoms with Crippen LogP contribution in [0.2, 0.25) is 10.0 Å². The molecule has 0 bridgehead atoms. The van der Waals surface area contributed by atoms with Gasteiger partial charge in [-0.25, -0.2) is 8.78 Å². The molecule has 0 spiro atoms. The van der Waals surface area contributed by atoms with Gasteiger partial charge in [-0.15, -0.1) is 0 Å². The summed E-state index contributed by atoms with van der Waals surface area (Å²) in [4.78, 5) is 21.3. The van der Waals surface area contributed by atoms with Crippen LogP contribution in [0.1, 0.15) is 76.7 Å². The van der Waals surface area contributed by atoms with E-state index in [0.717, 1.165) is 6.42 Å². The van der Waals surface area contributed by atoms with Crippen molar-refractivity contribution in [3.63, 3.8) is 0 Å². The molecular formula is C35H43Cl2F2N3O3. The van der Waals surface area contributed by atoms with Crippen molar-refractivity contribution in [2.75, 3.05) is 19.0 Å². The van der Waals surface area contributed by atoms with E-state index in [2.05, 4.69) is 37.5 Å². The minimum absolute atomic E-state index is 0.0408. The van der Waals surface area contributed by atoms with E-state index in [1.807, 2.05) is 20.8 Å². The number of amides is 1. The van der Waals surface area contributed by atoms with E-state index in [-0.39, 0.29) is 34.0 Å². The van der Waals surface area contributed by atoms with Crippen LogP contribution in [0.4, 0.5) is 14.5 Å². The Labute approximate surface area is 276 Å². The van der Waals surface area contributed by atoms with Crippen molar-refractivity contribution in [3.05, 3.63) is 93.5 Å². The van der Waals surface area contributed by atoms with E-state index >= 15 is 0 Å². The number of hydrogen-bond acceptors (Lipinski definition) is 5. The highest BCUT2D eigenvalue weighted by atomic mass is 35.5. The quantitative estimate of drug-likeness (QED) is 0.203. The Hall–Kier alpha value is -3.51. The summed E-state index contributed by atoms with van der Waals surface area (Å²) < 4.78 is 31.4. The molecule has 1 aliphatic rings. The minimum atomic E-state index is -0.640. The first-order valence-electron chi connectivity index (χ1n) is 14.6. The molecule has 0 saturated carbocycles. The SMILES string of the molecule is CC.CC(C)(C)CC1NCC(c2cccc(Cl)c2F)C1(C)C#N.COc1cc(C(C)=O)ccc1NC=O.Fc1cccc(Cl)c1. The van der Waals surface area contributed by atoms with Crippen LogP contribution in [0.25, 0.3) is 0 Å². The first-order valence-corrected chi connectivity index (χ1v) is 15.3. The largest absolute Gasteiger partial charge is 0.495 e. The third-order valence-electron chi connectivity index (χ3n) is 7.04. The topological polar surface area (TPSA) is 91.2 Å². The lowest BCUT2D eigenvalue weighted by atomic mass is 9.69. The normalized spacial score (nSPS) is 18.4. The number of anilines is 1. The zero-order chi connectivity index (χ0) is 34.4. The molecular weight excluding hydrogens is 619 g/mol. The van der Waals surface area contributed by atoms with Crippen LogP contribution in [-0.2, 0) is 4.79 Å². The number of halogens is 4. The fourth-order valence-electron chi connectivity index (χ4n) is 4.75. The van der Waals surface area contributed by atoms with Crippen LogP contribution in [-0.4, -0.2) is 31.9 Å². The molecule has 0 radical (unpaired) electrons. The van der Waals surface area contributed by atoms with Crippen molar-refractivity contribution in [1.82, 2.24) is 5.32 Å². The third-order valence-corrected chi connectivity index (χ3v) is 7.57. The van der Waals surface area contributed by atoms with Gasteiger partial charge in [0.25, 0.3) is 0 Å². The van der Waals surface area contributed by atoms with E-state index < -0.39 is 11.2 Å². The summed E-state index contributed by atoms with van der Waals surface area (Å²) in [6.45, 7) is 14.5. The van der Waals surface area contributed by atoms with Crippen molar-refractivity contribution in [2.45, 2.75) is 66.8 Å². The van der Waals surface area contributed by atoms with Gasteiger partial charge in [0, 0.05) is 29.1 Å². The number of carbonyl (C=O) groups is 2. The molecule has 1 heterocycles. The van der Waals surface area contributed by atoms with Crippen molar-refractivity contribution in [3.8, 4) is 11.8 Å². The predicted octanol–water partition coefficient (Wildman–Crippen LogP) is 9.47. The van der Waals surface area contributed by atoms with Crippen LogP contribution >= 0.6 is 23.2 Å². The van der Waals surface area contributed by atoms with Gasteiger partial charge in [-0.2, -0.15) is 5.26 Å². The summed E-state index contributed by atoms with van der Waals surface area (Å²) in [5.74, 6) is -0.444. The number of ketones is 1. The number of nitrogens with one attached hydrogen (secondary N) is 2. The predicted molar refractivity (Wildman–Crippen MR) is 179 cm³/mol. The molecule has 6 nitrogen and oxygen atoms in total. The second-order valence-electron chi connectivity index (χ2n) is 11.5. The fourth-order valence-corrected chi connectivity index (χ4v) is 5.11. The molecule has 1 amide bonds. The Kier molecular flexibility index (Phi) is 16.2. The minimum Gasteiger partial charge on any atom is -0.495 e. The Morgan fingerprint density at radius 1 is 1.13 bits per heavy atom. The second kappa shape index (κ2) is 18.5. The van der Waals surface area contributed by atoms with Crippen molar-refractivity contribution in [1.29, 1.82) is 5.26 Å². The van der Waals surface area contributed by atoms with Gasteiger partial charge in [0.05, 0.1) is 29.3 Å². The molecule has 0 aliphatic carbocycles. The lowest BCUT2D eigenvalue weighted by Crippen LogP contribution is -2.38. The monoisotopic (exact) mass is 661 g/mol. The highest BCUT2D eigenvalue weighted by molar-refractivity contribution is 6.31. The van der Waals surface area contributed by atoms with Crippen LogP contribution in [0.5, 0.6) is 5.75 Å². The maximum atomic E-state index is 14.3. The number of ether oxygens (including phenoxy) is 1. The first-order chi connectivity index (χ1) is 21.2. The maximum absolute atomic E-state index is 14.3. The molecule has 1 fully saturated rings. The van der Waals surface area contributed by atoms with E-state index in [0.29, 0.717) is 40.5 Å². The van der Waals surface area contributed by atoms with Gasteiger partial charge in [0.15, 0.2) is 5.78 Å². The average molecular weight is 663 g/mol. The summed E-state index contributed by atoms with van der Waals surface area (Å²) in [6, 6.07) is 18.2. The molecule has 2 N–H and O–H groups in total. The summed E-state index contributed by atoms with van der Waals surface area (Å²) in [6.07, 6.45) is 1.43. The maximum Gasteiger partial charge on any atom is 0.211 e. The number of Topliss-reactive ketones (excluding diaryl/α,β-unsaturated/α-hetero) is 1. The molecule has 3 aromatic carbocycles. The smallest absolute Gasteiger partial charge is 0.211 e. The van der Waals surface area contributed by atoms with E-state index in [4.69, 9.17) is 27.9 Å². The molecule has 244 valence electrons. The summed E-state index contributed by atoms with van der Waals surface area (Å²) in [7, 11) is 1.48. The van der Waals surface area contributed by atoms with Gasteiger partial charge >= 0.3 is 0 Å². The number of methoxy groups -OCH3 is 1. The average Bonchev–Trinajstić information content (AvgIpc) is 3.30. The molecule has 1 aliphatic heterocycles. The molecule has 3 aromatic rings. The molecule has 3 atom stereocenters. The van der Waals surface area contributed by atoms with E-state index in [9.17, 15) is 23.6 Å². The van der Waals surface area contributed by atoms with Gasteiger partial charge < -0.3 is 15.4 Å². The number of benzene rings is 3. The third kappa shape index (κ3) is 11.7. The lowest BCUT2D eigenvalue weighted by Gasteiger charge is -2.33. The Balaban J connectivity index is 0.000000362. The summed E-state index contributed by atoms with van der Waals surface area (Å²) in [5.41, 5.74) is 1.11. The summed E-state index contributed by atoms with van der Waals surface area (Å²) in [5, 5.41) is 16.2. The summed E-state index contributed by atoms with van der Waals surface area (Å²) >= 11 is 11.3. The lowest BCUT2D eigenvalue weighted by molar-refractivity contribution is -0.105. The number of carbonyl (C=O) groups excluding carboxylic acids is 2. The Morgan fingerprint density at radius 2 is 1.78 bits per heavy atom. The van der Waals surface area contributed by atoms with Gasteiger partial charge in [-0.05, 0) is 73.7 Å². The molecule has 4 rings (SSSR count). The molecule has 10 heteroatoms. The molecule has 0 aromatic heterocycles. The van der Waals surface area contributed by atoms with Crippen LogP contribution in [0, 0.1) is 33.8 Å². The highest BCUT2D eigenvalue weighted by Crippen LogP contribution is 2.47. The standard InChI is InChI=1S/C17H22ClFN2.C10H11NO3.C6H4ClF.C2H6/c1-16(2,3)8-14-17(4,10-20)12(9-21-14)11-6-5-7-13(18)15(11)19;1-7(13)8-3-4-9(11-6-12)10(5-8)14-2;7-5-2-1-3-6(8)4-5;1-2/h5-7,12,14,21H,8-9H2,1-4H3;3-6H,1-2H3,(H,11,12);1-4H;1-2H3. The second-order valence-corrected chi connectivity index (χ2v) is 12.3. The first kappa shape index (κ1) is 39.5. The zero-order valence-corrected chi connectivity index (χ0v) is 28.6. The van der Waals surface area contributed by atoms with E-state index in [1.165, 1.54) is 26.2 Å². The molecule has 3 unspecified atom stereocenters. The van der Waals surface area contributed by atoms with Crippen molar-refractivity contribution in [2.24, 2.45) is 10.8 Å². The van der Waals surface area contributed by atoms with Crippen molar-refractivity contribution < 1.29 is 23.1 Å². The van der Waals surface area contributed by atoms with Crippen LogP contribution in [0.15, 0.2) is 60.7 Å². The van der Waals surface area contributed by atoms with Gasteiger partial charge in [0.2, 0.25) is 6.41 Å². The van der Waals surface area contributed by atoms with E-state index in [1.54, 1.807) is 48.5 Å². The number of nitrogens with zero attached hydrogens (tertiary/aromatic N) is 1. The van der Waals surface area contributed by atoms with Gasteiger partial charge in [0.1, 0.15) is 17.4 Å². The molecule has 45 heavy (non-hydrogen) atoms. The molecule has 1 saturated heterocycles. The number of hydrogen-bond donors (Lipinski definition) is 2. The van der Waals surface area contributed by atoms with Crippen LogP contribution in [0.3, 0.4) is 0 Å².